The van der Waals surface area contributed by atoms with Crippen LogP contribution in [-0.4, -0.2) is 40.3 Å². The highest BCUT2D eigenvalue weighted by Gasteiger charge is 2.24. The van der Waals surface area contributed by atoms with Gasteiger partial charge < -0.3 is 4.90 Å². The SMILES string of the molecule is O=C(c1cc([N+](=O)[O-])cc(Cl)c1Cl)N1CCSCC1. The Balaban J connectivity index is 2.37. The van der Waals surface area contributed by atoms with Gasteiger partial charge in [0, 0.05) is 36.7 Å². The summed E-state index contributed by atoms with van der Waals surface area (Å²) in [5, 5.41) is 10.9. The van der Waals surface area contributed by atoms with E-state index in [1.54, 1.807) is 16.7 Å². The van der Waals surface area contributed by atoms with Gasteiger partial charge in [-0.25, -0.2) is 0 Å². The number of carbonyl (C=O) groups excluding carboxylic acids is 1. The van der Waals surface area contributed by atoms with E-state index in [4.69, 9.17) is 23.2 Å². The average molecular weight is 321 g/mol. The highest BCUT2D eigenvalue weighted by molar-refractivity contribution is 7.99. The van der Waals surface area contributed by atoms with Gasteiger partial charge in [-0.05, 0) is 0 Å². The first-order valence-electron chi connectivity index (χ1n) is 5.51. The van der Waals surface area contributed by atoms with Gasteiger partial charge in [0.2, 0.25) is 0 Å². The molecule has 1 aliphatic rings. The van der Waals surface area contributed by atoms with E-state index >= 15 is 0 Å². The van der Waals surface area contributed by atoms with Crippen LogP contribution in [0.1, 0.15) is 10.4 Å². The molecule has 0 aromatic heterocycles. The van der Waals surface area contributed by atoms with Crippen molar-refractivity contribution in [2.75, 3.05) is 24.6 Å². The number of carbonyl (C=O) groups is 1. The molecular formula is C11H10Cl2N2O3S. The Labute approximate surface area is 124 Å². The number of nitro groups is 1. The number of rotatable bonds is 2. The number of nitrogens with zero attached hydrogens (tertiary/aromatic N) is 2. The van der Waals surface area contributed by atoms with E-state index in [1.165, 1.54) is 6.07 Å². The molecule has 0 N–H and O–H groups in total. The number of hydrogen-bond acceptors (Lipinski definition) is 4. The molecule has 1 aromatic rings. The Hall–Kier alpha value is -0.980. The van der Waals surface area contributed by atoms with Gasteiger partial charge in [-0.15, -0.1) is 0 Å². The summed E-state index contributed by atoms with van der Waals surface area (Å²) in [6.07, 6.45) is 0. The van der Waals surface area contributed by atoms with Crippen LogP contribution in [0.15, 0.2) is 12.1 Å². The Morgan fingerprint density at radius 2 is 1.95 bits per heavy atom. The van der Waals surface area contributed by atoms with Crippen LogP contribution in [0.3, 0.4) is 0 Å². The molecule has 2 rings (SSSR count). The minimum Gasteiger partial charge on any atom is -0.337 e. The van der Waals surface area contributed by atoms with Crippen molar-refractivity contribution in [1.82, 2.24) is 4.90 Å². The molecule has 19 heavy (non-hydrogen) atoms. The molecular weight excluding hydrogens is 311 g/mol. The monoisotopic (exact) mass is 320 g/mol. The zero-order valence-corrected chi connectivity index (χ0v) is 12.1. The van der Waals surface area contributed by atoms with Gasteiger partial charge in [-0.1, -0.05) is 23.2 Å². The van der Waals surface area contributed by atoms with E-state index in [2.05, 4.69) is 0 Å². The van der Waals surface area contributed by atoms with Crippen molar-refractivity contribution in [2.45, 2.75) is 0 Å². The molecule has 0 atom stereocenters. The number of thioether (sulfide) groups is 1. The minimum atomic E-state index is -0.592. The van der Waals surface area contributed by atoms with Crippen molar-refractivity contribution in [2.24, 2.45) is 0 Å². The third-order valence-corrected chi connectivity index (χ3v) is 4.50. The van der Waals surface area contributed by atoms with Crippen LogP contribution >= 0.6 is 35.0 Å². The Morgan fingerprint density at radius 3 is 2.53 bits per heavy atom. The summed E-state index contributed by atoms with van der Waals surface area (Å²) in [5.41, 5.74) is -0.142. The van der Waals surface area contributed by atoms with Crippen LogP contribution in [0.2, 0.25) is 10.0 Å². The largest absolute Gasteiger partial charge is 0.337 e. The molecule has 5 nitrogen and oxygen atoms in total. The van der Waals surface area contributed by atoms with Crippen LogP contribution in [-0.2, 0) is 0 Å². The molecule has 102 valence electrons. The molecule has 8 heteroatoms. The molecule has 1 heterocycles. The first kappa shape index (κ1) is 14.4. The standard InChI is InChI=1S/C11H10Cl2N2O3S/c12-9-6-7(15(17)18)5-8(10(9)13)11(16)14-1-3-19-4-2-14/h5-6H,1-4H2. The summed E-state index contributed by atoms with van der Waals surface area (Å²) < 4.78 is 0. The summed E-state index contributed by atoms with van der Waals surface area (Å²) in [5.74, 6) is 1.40. The quantitative estimate of drug-likeness (QED) is 0.620. The average Bonchev–Trinajstić information content (AvgIpc) is 2.41. The predicted molar refractivity (Wildman–Crippen MR) is 76.3 cm³/mol. The molecule has 0 aliphatic carbocycles. The summed E-state index contributed by atoms with van der Waals surface area (Å²) >= 11 is 13.6. The molecule has 1 fully saturated rings. The number of nitro benzene ring substituents is 1. The number of non-ortho nitro benzene ring substituents is 1. The van der Waals surface area contributed by atoms with Crippen LogP contribution < -0.4 is 0 Å². The third kappa shape index (κ3) is 3.13. The fraction of sp³-hybridized carbons (Fsp3) is 0.364. The highest BCUT2D eigenvalue weighted by Crippen LogP contribution is 2.32. The van der Waals surface area contributed by atoms with E-state index < -0.39 is 4.92 Å². The molecule has 1 aromatic carbocycles. The van der Waals surface area contributed by atoms with Gasteiger partial charge >= 0.3 is 0 Å². The van der Waals surface area contributed by atoms with Crippen molar-refractivity contribution in [3.8, 4) is 0 Å². The maximum atomic E-state index is 12.3. The topological polar surface area (TPSA) is 63.4 Å². The van der Waals surface area contributed by atoms with E-state index in [9.17, 15) is 14.9 Å². The van der Waals surface area contributed by atoms with Crippen molar-refractivity contribution in [3.63, 3.8) is 0 Å². The van der Waals surface area contributed by atoms with Gasteiger partial charge in [0.05, 0.1) is 20.5 Å². The molecule has 1 amide bonds. The van der Waals surface area contributed by atoms with E-state index in [-0.39, 0.29) is 27.2 Å². The molecule has 1 saturated heterocycles. The van der Waals surface area contributed by atoms with Crippen LogP contribution in [0.5, 0.6) is 0 Å². The molecule has 0 unspecified atom stereocenters. The summed E-state index contributed by atoms with van der Waals surface area (Å²) in [6.45, 7) is 1.22. The van der Waals surface area contributed by atoms with Gasteiger partial charge in [0.1, 0.15) is 0 Å². The zero-order valence-electron chi connectivity index (χ0n) is 9.77. The smallest absolute Gasteiger partial charge is 0.271 e. The Bertz CT molecular complexity index is 533. The van der Waals surface area contributed by atoms with Crippen LogP contribution in [0.4, 0.5) is 5.69 Å². The van der Waals surface area contributed by atoms with Gasteiger partial charge in [0.25, 0.3) is 11.6 Å². The lowest BCUT2D eigenvalue weighted by atomic mass is 10.1. The second-order valence-electron chi connectivity index (χ2n) is 3.95. The maximum Gasteiger partial charge on any atom is 0.271 e. The number of halogens is 2. The van der Waals surface area contributed by atoms with Crippen LogP contribution in [0, 0.1) is 10.1 Å². The second kappa shape index (κ2) is 5.98. The summed E-state index contributed by atoms with van der Waals surface area (Å²) in [6, 6.07) is 2.32. The number of hydrogen-bond donors (Lipinski definition) is 0. The molecule has 0 bridgehead atoms. The fourth-order valence-electron chi connectivity index (χ4n) is 1.77. The number of benzene rings is 1. The maximum absolute atomic E-state index is 12.3. The lowest BCUT2D eigenvalue weighted by Crippen LogP contribution is -2.38. The summed E-state index contributed by atoms with van der Waals surface area (Å²) in [7, 11) is 0. The first-order chi connectivity index (χ1) is 9.00. The molecule has 0 saturated carbocycles. The lowest BCUT2D eigenvalue weighted by molar-refractivity contribution is -0.384. The van der Waals surface area contributed by atoms with Gasteiger partial charge in [0.15, 0.2) is 0 Å². The Morgan fingerprint density at radius 1 is 1.32 bits per heavy atom. The summed E-state index contributed by atoms with van der Waals surface area (Å²) in [4.78, 5) is 24.1. The van der Waals surface area contributed by atoms with Gasteiger partial charge in [-0.2, -0.15) is 11.8 Å². The van der Waals surface area contributed by atoms with Gasteiger partial charge in [-0.3, -0.25) is 14.9 Å². The van der Waals surface area contributed by atoms with Crippen molar-refractivity contribution in [3.05, 3.63) is 37.9 Å². The Kier molecular flexibility index (Phi) is 4.54. The van der Waals surface area contributed by atoms with E-state index in [0.29, 0.717) is 13.1 Å². The first-order valence-corrected chi connectivity index (χ1v) is 7.42. The molecule has 0 spiro atoms. The lowest BCUT2D eigenvalue weighted by Gasteiger charge is -2.26. The van der Waals surface area contributed by atoms with Crippen molar-refractivity contribution < 1.29 is 9.72 Å². The highest BCUT2D eigenvalue weighted by atomic mass is 35.5. The van der Waals surface area contributed by atoms with Crippen molar-refractivity contribution >= 4 is 46.6 Å². The minimum absolute atomic E-state index is 0.0191. The van der Waals surface area contributed by atoms with Crippen molar-refractivity contribution in [1.29, 1.82) is 0 Å². The predicted octanol–water partition coefficient (Wildman–Crippen LogP) is 3.09. The van der Waals surface area contributed by atoms with E-state index in [0.717, 1.165) is 17.6 Å². The van der Waals surface area contributed by atoms with Crippen LogP contribution in [0.25, 0.3) is 0 Å². The normalized spacial score (nSPS) is 15.4. The second-order valence-corrected chi connectivity index (χ2v) is 5.96. The molecule has 0 radical (unpaired) electrons. The zero-order chi connectivity index (χ0) is 14.0. The fourth-order valence-corrected chi connectivity index (χ4v) is 3.08. The van der Waals surface area contributed by atoms with E-state index in [1.807, 2.05) is 0 Å². The molecule has 1 aliphatic heterocycles. The third-order valence-electron chi connectivity index (χ3n) is 2.75. The number of amides is 1.